The molecule has 1 aliphatic rings. The molecule has 0 radical (unpaired) electrons. The van der Waals surface area contributed by atoms with Crippen LogP contribution < -0.4 is 5.32 Å². The van der Waals surface area contributed by atoms with Crippen molar-refractivity contribution in [1.82, 2.24) is 15.1 Å². The largest absolute Gasteiger partial charge is 0.350 e. The number of hydrogen-bond acceptors (Lipinski definition) is 3. The minimum atomic E-state index is -0.201. The number of rotatable bonds is 3. The molecule has 2 amide bonds. The van der Waals surface area contributed by atoms with Crippen LogP contribution in [0.2, 0.25) is 0 Å². The molecule has 1 saturated heterocycles. The van der Waals surface area contributed by atoms with E-state index in [0.29, 0.717) is 19.6 Å². The molecule has 7 heteroatoms. The van der Waals surface area contributed by atoms with E-state index in [-0.39, 0.29) is 35.6 Å². The Morgan fingerprint density at radius 2 is 1.68 bits per heavy atom. The maximum Gasteiger partial charge on any atom is 0.237 e. The molecule has 0 aromatic heterocycles. The summed E-state index contributed by atoms with van der Waals surface area (Å²) in [4.78, 5) is 26.9. The number of nitrogens with one attached hydrogen (secondary N) is 1. The fourth-order valence-electron chi connectivity index (χ4n) is 1.90. The Bertz CT molecular complexity index is 311. The third-order valence-corrected chi connectivity index (χ3v) is 2.95. The number of halogens is 2. The van der Waals surface area contributed by atoms with E-state index < -0.39 is 0 Å². The average molecular weight is 312 g/mol. The fourth-order valence-corrected chi connectivity index (χ4v) is 2.07. The molecule has 0 saturated carbocycles. The van der Waals surface area contributed by atoms with E-state index in [4.69, 9.17) is 11.6 Å². The van der Waals surface area contributed by atoms with Crippen LogP contribution in [0.1, 0.15) is 20.8 Å². The molecule has 0 aliphatic carbocycles. The van der Waals surface area contributed by atoms with Gasteiger partial charge >= 0.3 is 0 Å². The Morgan fingerprint density at radius 1 is 1.16 bits per heavy atom. The predicted octanol–water partition coefficient (Wildman–Crippen LogP) is 0.706. The minimum absolute atomic E-state index is 0. The van der Waals surface area contributed by atoms with Gasteiger partial charge in [0, 0.05) is 31.7 Å². The van der Waals surface area contributed by atoms with Gasteiger partial charge in [0.15, 0.2) is 0 Å². The van der Waals surface area contributed by atoms with Crippen molar-refractivity contribution < 1.29 is 9.59 Å². The van der Waals surface area contributed by atoms with Gasteiger partial charge in [-0.05, 0) is 20.8 Å². The smallest absolute Gasteiger partial charge is 0.237 e. The molecule has 1 N–H and O–H groups in total. The Morgan fingerprint density at radius 3 is 2.11 bits per heavy atom. The topological polar surface area (TPSA) is 52.7 Å². The summed E-state index contributed by atoms with van der Waals surface area (Å²) in [6, 6.07) is 0. The summed E-state index contributed by atoms with van der Waals surface area (Å²) in [6.07, 6.45) is 0. The molecule has 0 unspecified atom stereocenters. The van der Waals surface area contributed by atoms with Crippen molar-refractivity contribution in [3.63, 3.8) is 0 Å². The van der Waals surface area contributed by atoms with Gasteiger partial charge in [-0.25, -0.2) is 0 Å². The van der Waals surface area contributed by atoms with Crippen molar-refractivity contribution in [3.05, 3.63) is 0 Å². The van der Waals surface area contributed by atoms with E-state index >= 15 is 0 Å². The van der Waals surface area contributed by atoms with Crippen LogP contribution in [0, 0.1) is 0 Å². The van der Waals surface area contributed by atoms with Crippen molar-refractivity contribution in [3.8, 4) is 0 Å². The van der Waals surface area contributed by atoms with Crippen LogP contribution >= 0.6 is 24.0 Å². The van der Waals surface area contributed by atoms with E-state index in [0.717, 1.165) is 13.1 Å². The third-order valence-electron chi connectivity index (χ3n) is 2.72. The highest BCUT2D eigenvalue weighted by molar-refractivity contribution is 6.27. The molecule has 0 bridgehead atoms. The maximum absolute atomic E-state index is 11.7. The molecule has 0 aromatic carbocycles. The predicted molar refractivity (Wildman–Crippen MR) is 78.9 cm³/mol. The molecule has 0 aromatic rings. The monoisotopic (exact) mass is 311 g/mol. The fraction of sp³-hybridized carbons (Fsp3) is 0.833. The SMILES string of the molecule is CC(C)(C)NC(=O)CN1CCN(C(=O)CCl)CC1.Cl. The standard InChI is InChI=1S/C12H22ClN3O2.ClH/c1-12(2,3)14-10(17)9-15-4-6-16(7-5-15)11(18)8-13;/h4-9H2,1-3H3,(H,14,17);1H. The lowest BCUT2D eigenvalue weighted by atomic mass is 10.1. The highest BCUT2D eigenvalue weighted by Crippen LogP contribution is 2.04. The van der Waals surface area contributed by atoms with Gasteiger partial charge in [-0.15, -0.1) is 24.0 Å². The molecule has 1 heterocycles. The summed E-state index contributed by atoms with van der Waals surface area (Å²) in [6.45, 7) is 9.01. The molecule has 112 valence electrons. The molecule has 1 fully saturated rings. The summed E-state index contributed by atoms with van der Waals surface area (Å²) in [7, 11) is 0. The lowest BCUT2D eigenvalue weighted by molar-refractivity contribution is -0.130. The number of hydrogen-bond donors (Lipinski definition) is 1. The second-order valence-corrected chi connectivity index (χ2v) is 5.86. The number of amides is 2. The minimum Gasteiger partial charge on any atom is -0.350 e. The van der Waals surface area contributed by atoms with Crippen LogP contribution in [-0.4, -0.2) is 65.8 Å². The van der Waals surface area contributed by atoms with E-state index in [1.54, 1.807) is 4.90 Å². The molecule has 5 nitrogen and oxygen atoms in total. The first-order chi connectivity index (χ1) is 8.31. The first-order valence-electron chi connectivity index (χ1n) is 6.19. The van der Waals surface area contributed by atoms with Crippen molar-refractivity contribution in [1.29, 1.82) is 0 Å². The van der Waals surface area contributed by atoms with Gasteiger partial charge in [0.05, 0.1) is 6.54 Å². The van der Waals surface area contributed by atoms with Gasteiger partial charge in [-0.1, -0.05) is 0 Å². The summed E-state index contributed by atoms with van der Waals surface area (Å²) >= 11 is 5.51. The normalized spacial score (nSPS) is 16.7. The van der Waals surface area contributed by atoms with Crippen molar-refractivity contribution >= 4 is 35.8 Å². The quantitative estimate of drug-likeness (QED) is 0.781. The van der Waals surface area contributed by atoms with Crippen LogP contribution in [0.5, 0.6) is 0 Å². The zero-order valence-corrected chi connectivity index (χ0v) is 13.3. The summed E-state index contributed by atoms with van der Waals surface area (Å²) < 4.78 is 0. The van der Waals surface area contributed by atoms with Crippen molar-refractivity contribution in [2.24, 2.45) is 0 Å². The van der Waals surface area contributed by atoms with E-state index in [1.165, 1.54) is 0 Å². The van der Waals surface area contributed by atoms with Crippen LogP contribution in [0.15, 0.2) is 0 Å². The van der Waals surface area contributed by atoms with Crippen molar-refractivity contribution in [2.75, 3.05) is 38.6 Å². The number of carbonyl (C=O) groups excluding carboxylic acids is 2. The maximum atomic E-state index is 11.7. The first-order valence-corrected chi connectivity index (χ1v) is 6.72. The Labute approximate surface area is 126 Å². The number of piperazine rings is 1. The average Bonchev–Trinajstić information content (AvgIpc) is 2.26. The molecule has 0 atom stereocenters. The lowest BCUT2D eigenvalue weighted by Crippen LogP contribution is -2.53. The Hall–Kier alpha value is -0.520. The summed E-state index contributed by atoms with van der Waals surface area (Å²) in [5, 5.41) is 2.93. The van der Waals surface area contributed by atoms with Gasteiger partial charge in [-0.3, -0.25) is 14.5 Å². The highest BCUT2D eigenvalue weighted by Gasteiger charge is 2.22. The molecular formula is C12H23Cl2N3O2. The summed E-state index contributed by atoms with van der Waals surface area (Å²) in [5.41, 5.74) is -0.201. The Balaban J connectivity index is 0.00000324. The van der Waals surface area contributed by atoms with Gasteiger partial charge in [0.25, 0.3) is 0 Å². The van der Waals surface area contributed by atoms with Crippen LogP contribution in [0.4, 0.5) is 0 Å². The second kappa shape index (κ2) is 7.92. The number of alkyl halides is 1. The number of carbonyl (C=O) groups is 2. The van der Waals surface area contributed by atoms with E-state index in [1.807, 2.05) is 20.8 Å². The second-order valence-electron chi connectivity index (χ2n) is 5.59. The van der Waals surface area contributed by atoms with E-state index in [2.05, 4.69) is 10.2 Å². The molecular weight excluding hydrogens is 289 g/mol. The molecule has 19 heavy (non-hydrogen) atoms. The van der Waals surface area contributed by atoms with Crippen LogP contribution in [0.3, 0.4) is 0 Å². The zero-order chi connectivity index (χ0) is 13.8. The van der Waals surface area contributed by atoms with Gasteiger partial charge in [0.1, 0.15) is 5.88 Å². The Kier molecular flexibility index (Phi) is 7.71. The summed E-state index contributed by atoms with van der Waals surface area (Å²) in [5.74, 6) is 0.0277. The lowest BCUT2D eigenvalue weighted by Gasteiger charge is -2.34. The van der Waals surface area contributed by atoms with Gasteiger partial charge < -0.3 is 10.2 Å². The molecule has 1 rings (SSSR count). The number of nitrogens with zero attached hydrogens (tertiary/aromatic N) is 2. The van der Waals surface area contributed by atoms with Crippen molar-refractivity contribution in [2.45, 2.75) is 26.3 Å². The third kappa shape index (κ3) is 6.99. The van der Waals surface area contributed by atoms with Crippen LogP contribution in [-0.2, 0) is 9.59 Å². The molecule has 0 spiro atoms. The molecule has 1 aliphatic heterocycles. The van der Waals surface area contributed by atoms with Crippen LogP contribution in [0.25, 0.3) is 0 Å². The van der Waals surface area contributed by atoms with E-state index in [9.17, 15) is 9.59 Å². The zero-order valence-electron chi connectivity index (χ0n) is 11.7. The first kappa shape index (κ1) is 18.5. The highest BCUT2D eigenvalue weighted by atomic mass is 35.5. The van der Waals surface area contributed by atoms with Gasteiger partial charge in [-0.2, -0.15) is 0 Å². The van der Waals surface area contributed by atoms with Gasteiger partial charge in [0.2, 0.25) is 11.8 Å².